The first kappa shape index (κ1) is 18.7. The highest BCUT2D eigenvalue weighted by molar-refractivity contribution is 5.81. The van der Waals surface area contributed by atoms with E-state index in [-0.39, 0.29) is 5.91 Å². The summed E-state index contributed by atoms with van der Waals surface area (Å²) in [7, 11) is 0. The van der Waals surface area contributed by atoms with Gasteiger partial charge >= 0.3 is 0 Å². The van der Waals surface area contributed by atoms with Crippen LogP contribution in [-0.4, -0.2) is 75.2 Å². The molecule has 0 radical (unpaired) electrons. The minimum atomic E-state index is 0.159. The molecule has 0 spiro atoms. The zero-order chi connectivity index (χ0) is 18.4. The van der Waals surface area contributed by atoms with E-state index in [0.29, 0.717) is 12.6 Å². The van der Waals surface area contributed by atoms with Crippen molar-refractivity contribution in [1.82, 2.24) is 29.9 Å². The fourth-order valence-electron chi connectivity index (χ4n) is 3.73. The van der Waals surface area contributed by atoms with Crippen molar-refractivity contribution < 1.29 is 4.79 Å². The first-order valence-corrected chi connectivity index (χ1v) is 9.85. The van der Waals surface area contributed by atoms with Gasteiger partial charge in [-0.2, -0.15) is 0 Å². The Bertz CT molecular complexity index is 613. The summed E-state index contributed by atoms with van der Waals surface area (Å²) in [4.78, 5) is 20.7. The third kappa shape index (κ3) is 4.74. The van der Waals surface area contributed by atoms with Crippen LogP contribution in [0.2, 0.25) is 0 Å². The summed E-state index contributed by atoms with van der Waals surface area (Å²) >= 11 is 0. The van der Waals surface area contributed by atoms with Gasteiger partial charge in [0, 0.05) is 52.1 Å². The average Bonchev–Trinajstić information content (AvgIpc) is 3.32. The Labute approximate surface area is 155 Å². The fraction of sp³-hybridized carbons (Fsp3) is 0.778. The number of aryl methyl sites for hydroxylation is 1. The highest BCUT2D eigenvalue weighted by Gasteiger charge is 2.24. The van der Waals surface area contributed by atoms with Crippen LogP contribution in [0.25, 0.3) is 0 Å². The van der Waals surface area contributed by atoms with Crippen LogP contribution in [0.5, 0.6) is 0 Å². The Hall–Kier alpha value is -2.12. The zero-order valence-electron chi connectivity index (χ0n) is 16.0. The van der Waals surface area contributed by atoms with Crippen molar-refractivity contribution in [2.75, 3.05) is 32.7 Å². The molecule has 1 aliphatic heterocycles. The molecule has 1 aliphatic carbocycles. The SMILES string of the molecule is CCc1nncn1CCN=C(NC1CCCC1)N1CCN(C(C)=O)CC1. The van der Waals surface area contributed by atoms with Crippen molar-refractivity contribution in [3.8, 4) is 0 Å². The quantitative estimate of drug-likeness (QED) is 0.622. The minimum Gasteiger partial charge on any atom is -0.354 e. The van der Waals surface area contributed by atoms with E-state index >= 15 is 0 Å². The van der Waals surface area contributed by atoms with Gasteiger partial charge in [-0.1, -0.05) is 19.8 Å². The number of rotatable bonds is 5. The van der Waals surface area contributed by atoms with Crippen LogP contribution in [0.15, 0.2) is 11.3 Å². The van der Waals surface area contributed by atoms with E-state index in [1.807, 2.05) is 4.90 Å². The lowest BCUT2D eigenvalue weighted by atomic mass is 10.2. The number of hydrogen-bond donors (Lipinski definition) is 1. The predicted molar refractivity (Wildman–Crippen MR) is 101 cm³/mol. The van der Waals surface area contributed by atoms with Crippen molar-refractivity contribution in [2.24, 2.45) is 4.99 Å². The maximum absolute atomic E-state index is 11.6. The van der Waals surface area contributed by atoms with Crippen LogP contribution in [0.1, 0.15) is 45.4 Å². The maximum atomic E-state index is 11.6. The van der Waals surface area contributed by atoms with Crippen LogP contribution >= 0.6 is 0 Å². The highest BCUT2D eigenvalue weighted by atomic mass is 16.2. The van der Waals surface area contributed by atoms with E-state index in [4.69, 9.17) is 4.99 Å². The van der Waals surface area contributed by atoms with Crippen molar-refractivity contribution in [3.05, 3.63) is 12.2 Å². The standard InChI is InChI=1S/C18H31N7O/c1-3-17-22-20-14-25(17)9-8-19-18(21-16-6-4-5-7-16)24-12-10-23(11-13-24)15(2)26/h14,16H,3-13H2,1-2H3,(H,19,21). The second-order valence-electron chi connectivity index (χ2n) is 7.12. The van der Waals surface area contributed by atoms with Crippen molar-refractivity contribution in [3.63, 3.8) is 0 Å². The van der Waals surface area contributed by atoms with E-state index in [1.54, 1.807) is 13.3 Å². The molecule has 1 aromatic heterocycles. The fourth-order valence-corrected chi connectivity index (χ4v) is 3.73. The van der Waals surface area contributed by atoms with Crippen LogP contribution in [0.3, 0.4) is 0 Å². The van der Waals surface area contributed by atoms with Gasteiger partial charge in [0.1, 0.15) is 12.2 Å². The zero-order valence-corrected chi connectivity index (χ0v) is 16.0. The lowest BCUT2D eigenvalue weighted by molar-refractivity contribution is -0.130. The number of piperazine rings is 1. The van der Waals surface area contributed by atoms with E-state index in [2.05, 4.69) is 31.9 Å². The Kier molecular flexibility index (Phi) is 6.46. The number of amides is 1. The Balaban J connectivity index is 1.61. The summed E-state index contributed by atoms with van der Waals surface area (Å²) in [5.74, 6) is 2.15. The second-order valence-corrected chi connectivity index (χ2v) is 7.12. The Morgan fingerprint density at radius 3 is 2.58 bits per heavy atom. The number of aliphatic imine (C=N–C) groups is 1. The van der Waals surface area contributed by atoms with Gasteiger partial charge in [-0.15, -0.1) is 10.2 Å². The van der Waals surface area contributed by atoms with Gasteiger partial charge in [-0.05, 0) is 12.8 Å². The van der Waals surface area contributed by atoms with E-state index < -0.39 is 0 Å². The van der Waals surface area contributed by atoms with Crippen LogP contribution in [-0.2, 0) is 17.8 Å². The monoisotopic (exact) mass is 361 g/mol. The second kappa shape index (κ2) is 9.00. The molecule has 3 rings (SSSR count). The molecular weight excluding hydrogens is 330 g/mol. The molecule has 8 nitrogen and oxygen atoms in total. The number of carbonyl (C=O) groups excluding carboxylic acids is 1. The molecule has 2 fully saturated rings. The van der Waals surface area contributed by atoms with E-state index in [1.165, 1.54) is 25.7 Å². The van der Waals surface area contributed by atoms with Gasteiger partial charge in [0.2, 0.25) is 5.91 Å². The Morgan fingerprint density at radius 2 is 1.92 bits per heavy atom. The molecule has 0 bridgehead atoms. The summed E-state index contributed by atoms with van der Waals surface area (Å²) in [5, 5.41) is 11.8. The molecule has 2 heterocycles. The summed E-state index contributed by atoms with van der Waals surface area (Å²) < 4.78 is 2.07. The topological polar surface area (TPSA) is 78.7 Å². The summed E-state index contributed by atoms with van der Waals surface area (Å²) in [6.07, 6.45) is 7.69. The summed E-state index contributed by atoms with van der Waals surface area (Å²) in [5.41, 5.74) is 0. The number of nitrogens with one attached hydrogen (secondary N) is 1. The van der Waals surface area contributed by atoms with Gasteiger partial charge in [0.05, 0.1) is 6.54 Å². The molecule has 1 aromatic rings. The van der Waals surface area contributed by atoms with Crippen molar-refractivity contribution in [1.29, 1.82) is 0 Å². The summed E-state index contributed by atoms with van der Waals surface area (Å²) in [6, 6.07) is 0.528. The van der Waals surface area contributed by atoms with Gasteiger partial charge in [-0.3, -0.25) is 9.79 Å². The highest BCUT2D eigenvalue weighted by Crippen LogP contribution is 2.18. The number of aromatic nitrogens is 3. The third-order valence-corrected chi connectivity index (χ3v) is 5.33. The molecule has 1 saturated heterocycles. The van der Waals surface area contributed by atoms with Crippen LogP contribution < -0.4 is 5.32 Å². The molecule has 0 atom stereocenters. The Morgan fingerprint density at radius 1 is 1.23 bits per heavy atom. The number of carbonyl (C=O) groups is 1. The van der Waals surface area contributed by atoms with E-state index in [0.717, 1.165) is 50.9 Å². The number of nitrogens with zero attached hydrogens (tertiary/aromatic N) is 6. The number of guanidine groups is 1. The molecule has 0 unspecified atom stereocenters. The molecule has 144 valence electrons. The van der Waals surface area contributed by atoms with Gasteiger partial charge in [-0.25, -0.2) is 0 Å². The lowest BCUT2D eigenvalue weighted by Gasteiger charge is -2.37. The van der Waals surface area contributed by atoms with Crippen LogP contribution in [0.4, 0.5) is 0 Å². The number of hydrogen-bond acceptors (Lipinski definition) is 4. The van der Waals surface area contributed by atoms with Gasteiger partial charge in [0.25, 0.3) is 0 Å². The maximum Gasteiger partial charge on any atom is 0.219 e. The van der Waals surface area contributed by atoms with Gasteiger partial charge in [0.15, 0.2) is 5.96 Å². The average molecular weight is 361 g/mol. The van der Waals surface area contributed by atoms with Crippen molar-refractivity contribution in [2.45, 2.75) is 58.5 Å². The first-order valence-electron chi connectivity index (χ1n) is 9.85. The predicted octanol–water partition coefficient (Wildman–Crippen LogP) is 0.893. The molecule has 26 heavy (non-hydrogen) atoms. The minimum absolute atomic E-state index is 0.159. The van der Waals surface area contributed by atoms with E-state index in [9.17, 15) is 4.79 Å². The smallest absolute Gasteiger partial charge is 0.219 e. The molecule has 1 amide bonds. The van der Waals surface area contributed by atoms with Crippen LogP contribution in [0, 0.1) is 0 Å². The summed E-state index contributed by atoms with van der Waals surface area (Å²) in [6.45, 7) is 8.44. The molecule has 2 aliphatic rings. The third-order valence-electron chi connectivity index (χ3n) is 5.33. The largest absolute Gasteiger partial charge is 0.354 e. The molecule has 1 saturated carbocycles. The molecule has 8 heteroatoms. The molecule has 0 aromatic carbocycles. The normalized spacial score (nSPS) is 19.2. The van der Waals surface area contributed by atoms with Crippen molar-refractivity contribution >= 4 is 11.9 Å². The van der Waals surface area contributed by atoms with Gasteiger partial charge < -0.3 is 19.7 Å². The first-order chi connectivity index (χ1) is 12.7. The lowest BCUT2D eigenvalue weighted by Crippen LogP contribution is -2.54. The molecular formula is C18H31N7O. The molecule has 1 N–H and O–H groups in total.